The standard InChI is InChI=1S/C11H23NO/c1-5-11(8-13-4)6-10(11)7-12-9(2)3/h9-10,12H,5-8H2,1-4H3. The minimum Gasteiger partial charge on any atom is -0.384 e. The zero-order chi connectivity index (χ0) is 9.90. The van der Waals surface area contributed by atoms with E-state index in [9.17, 15) is 0 Å². The first-order valence-electron chi connectivity index (χ1n) is 5.37. The Bertz CT molecular complexity index is 158. The zero-order valence-corrected chi connectivity index (χ0v) is 9.39. The van der Waals surface area contributed by atoms with Crippen molar-refractivity contribution in [1.82, 2.24) is 5.32 Å². The molecular formula is C11H23NO. The van der Waals surface area contributed by atoms with Crippen LogP contribution < -0.4 is 5.32 Å². The fourth-order valence-corrected chi connectivity index (χ4v) is 2.10. The third-order valence-electron chi connectivity index (χ3n) is 3.27. The maximum absolute atomic E-state index is 5.27. The Hall–Kier alpha value is -0.0800. The highest BCUT2D eigenvalue weighted by atomic mass is 16.5. The molecule has 0 aromatic carbocycles. The van der Waals surface area contributed by atoms with E-state index in [4.69, 9.17) is 4.74 Å². The number of ether oxygens (including phenoxy) is 1. The molecule has 0 bridgehead atoms. The minimum atomic E-state index is 0.511. The Morgan fingerprint density at radius 3 is 2.69 bits per heavy atom. The topological polar surface area (TPSA) is 21.3 Å². The number of hydrogen-bond donors (Lipinski definition) is 1. The SMILES string of the molecule is CCC1(COC)CC1CNC(C)C. The second-order valence-electron chi connectivity index (χ2n) is 4.61. The summed E-state index contributed by atoms with van der Waals surface area (Å²) < 4.78 is 5.27. The summed E-state index contributed by atoms with van der Waals surface area (Å²) in [7, 11) is 1.81. The first-order valence-corrected chi connectivity index (χ1v) is 5.37. The molecular weight excluding hydrogens is 162 g/mol. The van der Waals surface area contributed by atoms with Crippen LogP contribution in [0.5, 0.6) is 0 Å². The molecule has 0 aromatic heterocycles. The van der Waals surface area contributed by atoms with Crippen LogP contribution in [0.1, 0.15) is 33.6 Å². The van der Waals surface area contributed by atoms with Gasteiger partial charge in [0, 0.05) is 13.2 Å². The smallest absolute Gasteiger partial charge is 0.0521 e. The maximum Gasteiger partial charge on any atom is 0.0521 e. The largest absolute Gasteiger partial charge is 0.384 e. The van der Waals surface area contributed by atoms with E-state index >= 15 is 0 Å². The van der Waals surface area contributed by atoms with Gasteiger partial charge in [-0.3, -0.25) is 0 Å². The van der Waals surface area contributed by atoms with Crippen molar-refractivity contribution in [3.63, 3.8) is 0 Å². The van der Waals surface area contributed by atoms with E-state index in [1.54, 1.807) is 0 Å². The molecule has 2 nitrogen and oxygen atoms in total. The lowest BCUT2D eigenvalue weighted by atomic mass is 10.0. The average Bonchev–Trinajstić information content (AvgIpc) is 2.77. The van der Waals surface area contributed by atoms with Crippen molar-refractivity contribution in [1.29, 1.82) is 0 Å². The Morgan fingerprint density at radius 1 is 1.54 bits per heavy atom. The molecule has 0 saturated heterocycles. The highest BCUT2D eigenvalue weighted by Crippen LogP contribution is 2.54. The van der Waals surface area contributed by atoms with Gasteiger partial charge in [0.25, 0.3) is 0 Å². The van der Waals surface area contributed by atoms with Gasteiger partial charge in [-0.25, -0.2) is 0 Å². The quantitative estimate of drug-likeness (QED) is 0.684. The summed E-state index contributed by atoms with van der Waals surface area (Å²) in [6, 6.07) is 0.609. The molecule has 1 aliphatic carbocycles. The molecule has 13 heavy (non-hydrogen) atoms. The Labute approximate surface area is 82.0 Å². The van der Waals surface area contributed by atoms with Gasteiger partial charge >= 0.3 is 0 Å². The van der Waals surface area contributed by atoms with Gasteiger partial charge in [0.1, 0.15) is 0 Å². The van der Waals surface area contributed by atoms with Gasteiger partial charge in [-0.15, -0.1) is 0 Å². The summed E-state index contributed by atoms with van der Waals surface area (Å²) >= 11 is 0. The van der Waals surface area contributed by atoms with Gasteiger partial charge in [-0.2, -0.15) is 0 Å². The van der Waals surface area contributed by atoms with E-state index in [0.717, 1.165) is 19.1 Å². The van der Waals surface area contributed by atoms with Crippen LogP contribution in [0.2, 0.25) is 0 Å². The molecule has 0 spiro atoms. The van der Waals surface area contributed by atoms with Crippen LogP contribution in [0.25, 0.3) is 0 Å². The number of rotatable bonds is 6. The third kappa shape index (κ3) is 2.68. The summed E-state index contributed by atoms with van der Waals surface area (Å²) in [5, 5.41) is 3.50. The molecule has 1 aliphatic rings. The lowest BCUT2D eigenvalue weighted by molar-refractivity contribution is 0.129. The van der Waals surface area contributed by atoms with Crippen LogP contribution in [0.4, 0.5) is 0 Å². The van der Waals surface area contributed by atoms with E-state index in [0.29, 0.717) is 11.5 Å². The number of nitrogens with one attached hydrogen (secondary N) is 1. The molecule has 1 fully saturated rings. The lowest BCUT2D eigenvalue weighted by Gasteiger charge is -2.15. The van der Waals surface area contributed by atoms with Gasteiger partial charge in [0.2, 0.25) is 0 Å². The van der Waals surface area contributed by atoms with Gasteiger partial charge in [-0.1, -0.05) is 20.8 Å². The van der Waals surface area contributed by atoms with Crippen LogP contribution in [-0.2, 0) is 4.74 Å². The van der Waals surface area contributed by atoms with E-state index in [1.165, 1.54) is 12.8 Å². The van der Waals surface area contributed by atoms with Crippen LogP contribution >= 0.6 is 0 Å². The third-order valence-corrected chi connectivity index (χ3v) is 3.27. The number of methoxy groups -OCH3 is 1. The first-order chi connectivity index (χ1) is 6.14. The van der Waals surface area contributed by atoms with E-state index < -0.39 is 0 Å². The molecule has 0 aromatic rings. The predicted octanol–water partition coefficient (Wildman–Crippen LogP) is 2.05. The molecule has 0 radical (unpaired) electrons. The van der Waals surface area contributed by atoms with Crippen molar-refractivity contribution in [3.05, 3.63) is 0 Å². The fourth-order valence-electron chi connectivity index (χ4n) is 2.10. The molecule has 0 amide bonds. The van der Waals surface area contributed by atoms with Crippen LogP contribution in [0.3, 0.4) is 0 Å². The van der Waals surface area contributed by atoms with Crippen molar-refractivity contribution in [2.45, 2.75) is 39.7 Å². The highest BCUT2D eigenvalue weighted by Gasteiger charge is 2.51. The predicted molar refractivity (Wildman–Crippen MR) is 55.8 cm³/mol. The van der Waals surface area contributed by atoms with Gasteiger partial charge in [0.15, 0.2) is 0 Å². The average molecular weight is 185 g/mol. The van der Waals surface area contributed by atoms with Crippen molar-refractivity contribution in [2.75, 3.05) is 20.3 Å². The van der Waals surface area contributed by atoms with Crippen molar-refractivity contribution in [2.24, 2.45) is 11.3 Å². The summed E-state index contributed by atoms with van der Waals surface area (Å²) in [5.41, 5.74) is 0.511. The van der Waals surface area contributed by atoms with Crippen LogP contribution in [0.15, 0.2) is 0 Å². The summed E-state index contributed by atoms with van der Waals surface area (Å²) in [4.78, 5) is 0. The van der Waals surface area contributed by atoms with Gasteiger partial charge in [-0.05, 0) is 30.7 Å². The van der Waals surface area contributed by atoms with Crippen LogP contribution in [-0.4, -0.2) is 26.3 Å². The highest BCUT2D eigenvalue weighted by molar-refractivity contribution is 5.02. The molecule has 1 N–H and O–H groups in total. The summed E-state index contributed by atoms with van der Waals surface area (Å²) in [6.45, 7) is 8.77. The molecule has 2 atom stereocenters. The van der Waals surface area contributed by atoms with Crippen molar-refractivity contribution >= 4 is 0 Å². The molecule has 2 unspecified atom stereocenters. The molecule has 1 saturated carbocycles. The second kappa shape index (κ2) is 4.43. The van der Waals surface area contributed by atoms with Crippen molar-refractivity contribution in [3.8, 4) is 0 Å². The van der Waals surface area contributed by atoms with E-state index in [1.807, 2.05) is 7.11 Å². The maximum atomic E-state index is 5.27. The van der Waals surface area contributed by atoms with E-state index in [-0.39, 0.29) is 0 Å². The van der Waals surface area contributed by atoms with E-state index in [2.05, 4.69) is 26.1 Å². The van der Waals surface area contributed by atoms with Crippen LogP contribution in [0, 0.1) is 11.3 Å². The molecule has 0 heterocycles. The molecule has 1 rings (SSSR count). The summed E-state index contributed by atoms with van der Waals surface area (Å²) in [5.74, 6) is 0.847. The Kier molecular flexibility index (Phi) is 3.74. The Balaban J connectivity index is 2.24. The molecule has 2 heteroatoms. The first kappa shape index (κ1) is 11.0. The fraction of sp³-hybridized carbons (Fsp3) is 1.00. The minimum absolute atomic E-state index is 0.511. The summed E-state index contributed by atoms with van der Waals surface area (Å²) in [6.07, 6.45) is 2.60. The lowest BCUT2D eigenvalue weighted by Crippen LogP contribution is -2.27. The van der Waals surface area contributed by atoms with Gasteiger partial charge < -0.3 is 10.1 Å². The number of hydrogen-bond acceptors (Lipinski definition) is 2. The van der Waals surface area contributed by atoms with Crippen molar-refractivity contribution < 1.29 is 4.74 Å². The second-order valence-corrected chi connectivity index (χ2v) is 4.61. The molecule has 0 aliphatic heterocycles. The molecule has 78 valence electrons. The van der Waals surface area contributed by atoms with Gasteiger partial charge in [0.05, 0.1) is 6.61 Å². The monoisotopic (exact) mass is 185 g/mol. The Morgan fingerprint density at radius 2 is 2.23 bits per heavy atom. The zero-order valence-electron chi connectivity index (χ0n) is 9.39. The normalized spacial score (nSPS) is 32.5.